The summed E-state index contributed by atoms with van der Waals surface area (Å²) in [6.07, 6.45) is 1.09. The van der Waals surface area contributed by atoms with Gasteiger partial charge in [0.1, 0.15) is 11.5 Å². The molecule has 0 bridgehead atoms. The Morgan fingerprint density at radius 2 is 2.00 bits per heavy atom. The van der Waals surface area contributed by atoms with E-state index in [-0.39, 0.29) is 11.7 Å². The largest absolute Gasteiger partial charge is 0.496 e. The summed E-state index contributed by atoms with van der Waals surface area (Å²) in [6.45, 7) is 3.02. The Bertz CT molecular complexity index is 427. The number of anilines is 1. The molecule has 0 aliphatic carbocycles. The maximum atomic E-state index is 11.0. The van der Waals surface area contributed by atoms with E-state index in [1.807, 2.05) is 6.07 Å². The van der Waals surface area contributed by atoms with Crippen molar-refractivity contribution in [3.63, 3.8) is 0 Å². The van der Waals surface area contributed by atoms with Gasteiger partial charge in [0.15, 0.2) is 0 Å². The van der Waals surface area contributed by atoms with Crippen LogP contribution in [0.1, 0.15) is 25.8 Å². The molecule has 17 heavy (non-hydrogen) atoms. The first-order valence-corrected chi connectivity index (χ1v) is 5.47. The van der Waals surface area contributed by atoms with Crippen LogP contribution in [0, 0.1) is 0 Å². The molecule has 0 aliphatic heterocycles. The number of methoxy groups -OCH3 is 1. The standard InChI is InChI=1S/C13H17NO3/c1-9(15)4-5-11-8-12(14-10(2)16)6-7-13(11)17-3/h6-8H,4-5H2,1-3H3,(H,14,16). The second-order valence-corrected chi connectivity index (χ2v) is 3.91. The van der Waals surface area contributed by atoms with E-state index in [2.05, 4.69) is 5.32 Å². The van der Waals surface area contributed by atoms with Crippen LogP contribution in [0.4, 0.5) is 5.69 Å². The number of carbonyl (C=O) groups excluding carboxylic acids is 2. The van der Waals surface area contributed by atoms with Crippen molar-refractivity contribution in [2.24, 2.45) is 0 Å². The fourth-order valence-corrected chi connectivity index (χ4v) is 1.57. The lowest BCUT2D eigenvalue weighted by Gasteiger charge is -2.10. The molecule has 1 aromatic carbocycles. The second-order valence-electron chi connectivity index (χ2n) is 3.91. The minimum absolute atomic E-state index is 0.118. The molecule has 0 aromatic heterocycles. The predicted molar refractivity (Wildman–Crippen MR) is 66.3 cm³/mol. The molecule has 1 aromatic rings. The highest BCUT2D eigenvalue weighted by atomic mass is 16.5. The van der Waals surface area contributed by atoms with E-state index in [4.69, 9.17) is 4.74 Å². The van der Waals surface area contributed by atoms with Crippen LogP contribution in [0.25, 0.3) is 0 Å². The molecular formula is C13H17NO3. The first-order chi connectivity index (χ1) is 8.02. The van der Waals surface area contributed by atoms with Gasteiger partial charge >= 0.3 is 0 Å². The van der Waals surface area contributed by atoms with Gasteiger partial charge in [-0.2, -0.15) is 0 Å². The van der Waals surface area contributed by atoms with Gasteiger partial charge in [-0.05, 0) is 37.1 Å². The summed E-state index contributed by atoms with van der Waals surface area (Å²) in [7, 11) is 1.59. The highest BCUT2D eigenvalue weighted by Gasteiger charge is 2.06. The number of Topliss-reactive ketones (excluding diaryl/α,β-unsaturated/α-hetero) is 1. The van der Waals surface area contributed by atoms with Crippen molar-refractivity contribution in [3.05, 3.63) is 23.8 Å². The maximum Gasteiger partial charge on any atom is 0.221 e. The average Bonchev–Trinajstić information content (AvgIpc) is 2.25. The van der Waals surface area contributed by atoms with E-state index < -0.39 is 0 Å². The smallest absolute Gasteiger partial charge is 0.221 e. The zero-order valence-electron chi connectivity index (χ0n) is 10.4. The van der Waals surface area contributed by atoms with Gasteiger partial charge in [0.2, 0.25) is 5.91 Å². The first-order valence-electron chi connectivity index (χ1n) is 5.47. The summed E-state index contributed by atoms with van der Waals surface area (Å²) in [4.78, 5) is 21.9. The molecule has 92 valence electrons. The fourth-order valence-electron chi connectivity index (χ4n) is 1.57. The Morgan fingerprint density at radius 3 is 2.53 bits per heavy atom. The molecular weight excluding hydrogens is 218 g/mol. The predicted octanol–water partition coefficient (Wildman–Crippen LogP) is 2.18. The van der Waals surface area contributed by atoms with E-state index in [0.29, 0.717) is 12.8 Å². The molecule has 1 rings (SSSR count). The third-order valence-corrected chi connectivity index (χ3v) is 2.35. The number of carbonyl (C=O) groups is 2. The van der Waals surface area contributed by atoms with E-state index in [1.54, 1.807) is 26.2 Å². The van der Waals surface area contributed by atoms with Crippen molar-refractivity contribution in [3.8, 4) is 5.75 Å². The van der Waals surface area contributed by atoms with Crippen LogP contribution in [0.2, 0.25) is 0 Å². The van der Waals surface area contributed by atoms with E-state index >= 15 is 0 Å². The van der Waals surface area contributed by atoms with Gasteiger partial charge in [-0.3, -0.25) is 4.79 Å². The third kappa shape index (κ3) is 4.26. The number of nitrogens with one attached hydrogen (secondary N) is 1. The van der Waals surface area contributed by atoms with Gasteiger partial charge in [0.25, 0.3) is 0 Å². The molecule has 0 heterocycles. The summed E-state index contributed by atoms with van der Waals surface area (Å²) >= 11 is 0. The lowest BCUT2D eigenvalue weighted by atomic mass is 10.1. The summed E-state index contributed by atoms with van der Waals surface area (Å²) in [5.74, 6) is 0.755. The van der Waals surface area contributed by atoms with Crippen LogP contribution in [-0.4, -0.2) is 18.8 Å². The van der Waals surface area contributed by atoms with E-state index in [1.165, 1.54) is 6.92 Å². The summed E-state index contributed by atoms with van der Waals surface area (Å²) in [5.41, 5.74) is 1.64. The highest BCUT2D eigenvalue weighted by Crippen LogP contribution is 2.24. The monoisotopic (exact) mass is 235 g/mol. The Balaban J connectivity index is 2.89. The Labute approximate surface area is 101 Å². The molecule has 0 atom stereocenters. The van der Waals surface area contributed by atoms with Crippen molar-refractivity contribution < 1.29 is 14.3 Å². The van der Waals surface area contributed by atoms with Crippen LogP contribution in [-0.2, 0) is 16.0 Å². The summed E-state index contributed by atoms with van der Waals surface area (Å²) < 4.78 is 5.21. The molecule has 0 saturated carbocycles. The van der Waals surface area contributed by atoms with Crippen molar-refractivity contribution >= 4 is 17.4 Å². The van der Waals surface area contributed by atoms with E-state index in [9.17, 15) is 9.59 Å². The van der Waals surface area contributed by atoms with E-state index in [0.717, 1.165) is 17.0 Å². The maximum absolute atomic E-state index is 11.0. The van der Waals surface area contributed by atoms with Gasteiger partial charge in [-0.25, -0.2) is 0 Å². The highest BCUT2D eigenvalue weighted by molar-refractivity contribution is 5.88. The Morgan fingerprint density at radius 1 is 1.29 bits per heavy atom. The van der Waals surface area contributed by atoms with Crippen LogP contribution >= 0.6 is 0 Å². The van der Waals surface area contributed by atoms with Crippen molar-refractivity contribution in [2.75, 3.05) is 12.4 Å². The number of ketones is 1. The minimum Gasteiger partial charge on any atom is -0.496 e. The molecule has 1 N–H and O–H groups in total. The number of aryl methyl sites for hydroxylation is 1. The number of benzene rings is 1. The normalized spacial score (nSPS) is 9.82. The molecule has 0 saturated heterocycles. The molecule has 0 aliphatic rings. The van der Waals surface area contributed by atoms with Crippen LogP contribution in [0.15, 0.2) is 18.2 Å². The number of hydrogen-bond acceptors (Lipinski definition) is 3. The summed E-state index contributed by atoms with van der Waals surface area (Å²) in [6, 6.07) is 5.40. The number of amides is 1. The van der Waals surface area contributed by atoms with Crippen molar-refractivity contribution in [2.45, 2.75) is 26.7 Å². The quantitative estimate of drug-likeness (QED) is 0.851. The minimum atomic E-state index is -0.118. The zero-order valence-corrected chi connectivity index (χ0v) is 10.4. The average molecular weight is 235 g/mol. The van der Waals surface area contributed by atoms with Crippen molar-refractivity contribution in [1.29, 1.82) is 0 Å². The molecule has 1 amide bonds. The topological polar surface area (TPSA) is 55.4 Å². The molecule has 4 heteroatoms. The zero-order chi connectivity index (χ0) is 12.8. The Kier molecular flexibility index (Phi) is 4.69. The SMILES string of the molecule is COc1ccc(NC(C)=O)cc1CCC(C)=O. The number of hydrogen-bond donors (Lipinski definition) is 1. The lowest BCUT2D eigenvalue weighted by Crippen LogP contribution is -2.06. The molecule has 4 nitrogen and oxygen atoms in total. The van der Waals surface area contributed by atoms with Crippen LogP contribution in [0.3, 0.4) is 0 Å². The third-order valence-electron chi connectivity index (χ3n) is 2.35. The summed E-state index contributed by atoms with van der Waals surface area (Å²) in [5, 5.41) is 2.70. The van der Waals surface area contributed by atoms with Crippen LogP contribution in [0.5, 0.6) is 5.75 Å². The fraction of sp³-hybridized carbons (Fsp3) is 0.385. The number of ether oxygens (including phenoxy) is 1. The van der Waals surface area contributed by atoms with Gasteiger partial charge < -0.3 is 14.8 Å². The Hall–Kier alpha value is -1.84. The van der Waals surface area contributed by atoms with Gasteiger partial charge in [0, 0.05) is 19.0 Å². The number of rotatable bonds is 5. The first kappa shape index (κ1) is 13.2. The van der Waals surface area contributed by atoms with Gasteiger partial charge in [-0.1, -0.05) is 0 Å². The van der Waals surface area contributed by atoms with Crippen molar-refractivity contribution in [1.82, 2.24) is 0 Å². The molecule has 0 radical (unpaired) electrons. The van der Waals surface area contributed by atoms with Gasteiger partial charge in [-0.15, -0.1) is 0 Å². The van der Waals surface area contributed by atoms with Crippen LogP contribution < -0.4 is 10.1 Å². The molecule has 0 spiro atoms. The van der Waals surface area contributed by atoms with Gasteiger partial charge in [0.05, 0.1) is 7.11 Å². The molecule has 0 unspecified atom stereocenters. The molecule has 0 fully saturated rings. The second kappa shape index (κ2) is 6.03. The lowest BCUT2D eigenvalue weighted by molar-refractivity contribution is -0.117.